The van der Waals surface area contributed by atoms with E-state index >= 15 is 0 Å². The fourth-order valence-corrected chi connectivity index (χ4v) is 1.08. The van der Waals surface area contributed by atoms with Crippen molar-refractivity contribution in [1.29, 1.82) is 0 Å². The molecule has 0 bridgehead atoms. The number of carbonyl (C=O) groups excluding carboxylic acids is 1. The van der Waals surface area contributed by atoms with Crippen LogP contribution >= 0.6 is 0 Å². The van der Waals surface area contributed by atoms with Crippen LogP contribution in [0.25, 0.3) is 0 Å². The Kier molecular flexibility index (Phi) is 3.78. The molecule has 1 rings (SSSR count). The highest BCUT2D eigenvalue weighted by Crippen LogP contribution is 2.19. The molecule has 0 atom stereocenters. The van der Waals surface area contributed by atoms with Gasteiger partial charge in [0.2, 0.25) is 0 Å². The van der Waals surface area contributed by atoms with Crippen LogP contribution in [0.2, 0.25) is 0 Å². The molecule has 0 heterocycles. The monoisotopic (exact) mass is 239 g/mol. The molecule has 1 aromatic rings. The number of hydrogen-bond acceptors (Lipinski definition) is 2. The molecule has 2 N–H and O–H groups in total. The van der Waals surface area contributed by atoms with Gasteiger partial charge < -0.3 is 10.4 Å². The Bertz CT molecular complexity index is 544. The summed E-state index contributed by atoms with van der Waals surface area (Å²) in [6.07, 6.45) is 0. The molecule has 88 valence electrons. The van der Waals surface area contributed by atoms with Gasteiger partial charge >= 0.3 is 5.97 Å². The third-order valence-electron chi connectivity index (χ3n) is 1.77. The summed E-state index contributed by atoms with van der Waals surface area (Å²) < 4.78 is 26.2. The molecule has 0 aliphatic rings. The Balaban J connectivity index is 3.15. The lowest BCUT2D eigenvalue weighted by Gasteiger charge is -2.05. The minimum atomic E-state index is -1.56. The van der Waals surface area contributed by atoms with Crippen LogP contribution in [0.5, 0.6) is 0 Å². The van der Waals surface area contributed by atoms with Crippen LogP contribution in [0.1, 0.15) is 17.3 Å². The Morgan fingerprint density at radius 2 is 1.94 bits per heavy atom. The minimum absolute atomic E-state index is 0.387. The number of amides is 1. The first kappa shape index (κ1) is 12.6. The molecule has 1 aromatic carbocycles. The average molecular weight is 239 g/mol. The summed E-state index contributed by atoms with van der Waals surface area (Å²) >= 11 is 0. The van der Waals surface area contributed by atoms with E-state index in [1.165, 1.54) is 6.92 Å². The number of carboxylic acids is 1. The van der Waals surface area contributed by atoms with Gasteiger partial charge in [-0.15, -0.1) is 0 Å². The van der Waals surface area contributed by atoms with Crippen molar-refractivity contribution in [3.63, 3.8) is 0 Å². The van der Waals surface area contributed by atoms with Gasteiger partial charge in [-0.05, 0) is 18.9 Å². The third-order valence-corrected chi connectivity index (χ3v) is 1.77. The maximum Gasteiger partial charge on any atom is 0.338 e. The summed E-state index contributed by atoms with van der Waals surface area (Å²) in [7, 11) is 0. The van der Waals surface area contributed by atoms with Crippen molar-refractivity contribution >= 4 is 17.6 Å². The fourth-order valence-electron chi connectivity index (χ4n) is 1.08. The van der Waals surface area contributed by atoms with Gasteiger partial charge in [-0.25, -0.2) is 13.6 Å². The largest absolute Gasteiger partial charge is 0.478 e. The normalized spacial score (nSPS) is 9.12. The van der Waals surface area contributed by atoms with E-state index in [0.717, 1.165) is 0 Å². The summed E-state index contributed by atoms with van der Waals surface area (Å²) in [6.45, 7) is 1.41. The van der Waals surface area contributed by atoms with Crippen LogP contribution in [-0.2, 0) is 4.79 Å². The molecule has 17 heavy (non-hydrogen) atoms. The molecular weight excluding hydrogens is 232 g/mol. The Morgan fingerprint density at radius 1 is 1.29 bits per heavy atom. The standard InChI is InChI=1S/C11H7F2NO3/c1-2-3-10(15)14-9-4-6(11(16)17)7(12)5-8(9)13/h4-5H,1H3,(H,14,15)(H,16,17). The number of benzene rings is 1. The first-order valence-corrected chi connectivity index (χ1v) is 4.41. The van der Waals surface area contributed by atoms with Gasteiger partial charge in [0.25, 0.3) is 5.91 Å². The minimum Gasteiger partial charge on any atom is -0.478 e. The highest BCUT2D eigenvalue weighted by Gasteiger charge is 2.15. The van der Waals surface area contributed by atoms with Crippen LogP contribution in [0.15, 0.2) is 12.1 Å². The number of carboxylic acid groups (broad SMARTS) is 1. The average Bonchev–Trinajstić information content (AvgIpc) is 2.21. The quantitative estimate of drug-likeness (QED) is 0.771. The number of rotatable bonds is 2. The predicted octanol–water partition coefficient (Wildman–Crippen LogP) is 1.62. The van der Waals surface area contributed by atoms with E-state index in [4.69, 9.17) is 5.11 Å². The van der Waals surface area contributed by atoms with E-state index in [2.05, 4.69) is 11.8 Å². The van der Waals surface area contributed by atoms with Crippen LogP contribution < -0.4 is 5.32 Å². The van der Waals surface area contributed by atoms with Crippen LogP contribution in [0.4, 0.5) is 14.5 Å². The van der Waals surface area contributed by atoms with Crippen LogP contribution in [0.3, 0.4) is 0 Å². The molecule has 0 aliphatic heterocycles. The van der Waals surface area contributed by atoms with Crippen molar-refractivity contribution < 1.29 is 23.5 Å². The molecule has 0 fully saturated rings. The van der Waals surface area contributed by atoms with Crippen molar-refractivity contribution in [3.8, 4) is 11.8 Å². The summed E-state index contributed by atoms with van der Waals surface area (Å²) in [5.41, 5.74) is -1.16. The highest BCUT2D eigenvalue weighted by atomic mass is 19.1. The number of nitrogens with one attached hydrogen (secondary N) is 1. The molecule has 4 nitrogen and oxygen atoms in total. The molecule has 0 saturated carbocycles. The van der Waals surface area contributed by atoms with E-state index in [-0.39, 0.29) is 0 Å². The van der Waals surface area contributed by atoms with Crippen LogP contribution in [0, 0.1) is 23.5 Å². The SMILES string of the molecule is CC#CC(=O)Nc1cc(C(=O)O)c(F)cc1F. The van der Waals surface area contributed by atoms with E-state index in [1.54, 1.807) is 0 Å². The van der Waals surface area contributed by atoms with Crippen molar-refractivity contribution in [2.75, 3.05) is 5.32 Å². The van der Waals surface area contributed by atoms with E-state index in [1.807, 2.05) is 5.32 Å². The molecule has 0 saturated heterocycles. The zero-order valence-corrected chi connectivity index (χ0v) is 8.67. The molecule has 0 unspecified atom stereocenters. The summed E-state index contributed by atoms with van der Waals surface area (Å²) in [5.74, 6) is -0.293. The zero-order valence-electron chi connectivity index (χ0n) is 8.67. The Labute approximate surface area is 95.3 Å². The second kappa shape index (κ2) is 5.07. The van der Waals surface area contributed by atoms with Gasteiger partial charge in [0.05, 0.1) is 11.3 Å². The first-order chi connectivity index (χ1) is 7.95. The Morgan fingerprint density at radius 3 is 2.47 bits per heavy atom. The lowest BCUT2D eigenvalue weighted by molar-refractivity contribution is -0.111. The van der Waals surface area contributed by atoms with Crippen molar-refractivity contribution in [1.82, 2.24) is 0 Å². The van der Waals surface area contributed by atoms with E-state index < -0.39 is 34.8 Å². The second-order valence-corrected chi connectivity index (χ2v) is 2.95. The number of carbonyl (C=O) groups is 2. The van der Waals surface area contributed by atoms with E-state index in [9.17, 15) is 18.4 Å². The summed E-state index contributed by atoms with van der Waals surface area (Å²) in [5, 5.41) is 10.6. The van der Waals surface area contributed by atoms with Gasteiger partial charge in [-0.1, -0.05) is 5.92 Å². The van der Waals surface area contributed by atoms with Gasteiger partial charge in [0.1, 0.15) is 11.6 Å². The van der Waals surface area contributed by atoms with Crippen molar-refractivity contribution in [2.24, 2.45) is 0 Å². The third kappa shape index (κ3) is 3.01. The lowest BCUT2D eigenvalue weighted by Crippen LogP contribution is -2.12. The molecule has 0 radical (unpaired) electrons. The smallest absolute Gasteiger partial charge is 0.338 e. The number of anilines is 1. The first-order valence-electron chi connectivity index (χ1n) is 4.41. The lowest BCUT2D eigenvalue weighted by atomic mass is 10.2. The van der Waals surface area contributed by atoms with Gasteiger partial charge in [0, 0.05) is 6.07 Å². The molecule has 0 aromatic heterocycles. The van der Waals surface area contributed by atoms with Gasteiger partial charge in [-0.3, -0.25) is 4.79 Å². The number of aromatic carboxylic acids is 1. The number of hydrogen-bond donors (Lipinski definition) is 2. The summed E-state index contributed by atoms with van der Waals surface area (Å²) in [6, 6.07) is 1.08. The second-order valence-electron chi connectivity index (χ2n) is 2.95. The molecule has 6 heteroatoms. The van der Waals surface area contributed by atoms with E-state index in [0.29, 0.717) is 12.1 Å². The van der Waals surface area contributed by atoms with Crippen molar-refractivity contribution in [3.05, 3.63) is 29.3 Å². The highest BCUT2D eigenvalue weighted by molar-refractivity contribution is 6.04. The maximum atomic E-state index is 13.2. The maximum absolute atomic E-state index is 13.2. The molecular formula is C11H7F2NO3. The topological polar surface area (TPSA) is 66.4 Å². The predicted molar refractivity (Wildman–Crippen MR) is 55.4 cm³/mol. The zero-order chi connectivity index (χ0) is 13.0. The molecule has 1 amide bonds. The van der Waals surface area contributed by atoms with Gasteiger partial charge in [0.15, 0.2) is 0 Å². The fraction of sp³-hybridized carbons (Fsp3) is 0.0909. The van der Waals surface area contributed by atoms with Crippen molar-refractivity contribution in [2.45, 2.75) is 6.92 Å². The molecule has 0 spiro atoms. The number of halogens is 2. The molecule has 0 aliphatic carbocycles. The summed E-state index contributed by atoms with van der Waals surface area (Å²) in [4.78, 5) is 21.6. The van der Waals surface area contributed by atoms with Gasteiger partial charge in [-0.2, -0.15) is 0 Å². The van der Waals surface area contributed by atoms with Crippen LogP contribution in [-0.4, -0.2) is 17.0 Å². The Hall–Kier alpha value is -2.42.